The topological polar surface area (TPSA) is 66.5 Å². The van der Waals surface area contributed by atoms with Crippen molar-refractivity contribution in [1.29, 1.82) is 0 Å². The predicted octanol–water partition coefficient (Wildman–Crippen LogP) is 5.94. The van der Waals surface area contributed by atoms with Crippen LogP contribution in [-0.4, -0.2) is 33.2 Å². The zero-order valence-corrected chi connectivity index (χ0v) is 21.9. The van der Waals surface area contributed by atoms with Crippen LogP contribution in [-0.2, 0) is 20.6 Å². The molecule has 0 saturated heterocycles. The van der Waals surface area contributed by atoms with Crippen molar-refractivity contribution in [2.45, 2.75) is 24.0 Å². The van der Waals surface area contributed by atoms with Crippen molar-refractivity contribution >= 4 is 56.6 Å². The van der Waals surface area contributed by atoms with Crippen molar-refractivity contribution in [3.05, 3.63) is 94.0 Å². The number of benzene rings is 3. The number of aryl methyl sites for hydroxylation is 1. The summed E-state index contributed by atoms with van der Waals surface area (Å²) in [5.41, 5.74) is 2.89. The van der Waals surface area contributed by atoms with E-state index >= 15 is 0 Å². The molecule has 34 heavy (non-hydrogen) atoms. The highest BCUT2D eigenvalue weighted by atomic mass is 35.5. The highest BCUT2D eigenvalue weighted by Gasteiger charge is 2.27. The summed E-state index contributed by atoms with van der Waals surface area (Å²) in [7, 11) is -4.01. The Kier molecular flexibility index (Phi) is 9.71. The molecule has 3 aromatic carbocycles. The minimum Gasteiger partial charge on any atom is -0.354 e. The Bertz CT molecular complexity index is 1220. The van der Waals surface area contributed by atoms with Crippen molar-refractivity contribution in [1.82, 2.24) is 5.32 Å². The van der Waals surface area contributed by atoms with Crippen molar-refractivity contribution < 1.29 is 13.2 Å². The number of nitrogens with zero attached hydrogens (tertiary/aromatic N) is 1. The van der Waals surface area contributed by atoms with Crippen LogP contribution in [0.25, 0.3) is 0 Å². The van der Waals surface area contributed by atoms with E-state index in [0.29, 0.717) is 22.3 Å². The molecular formula is C25H26Cl2N2O3S2. The highest BCUT2D eigenvalue weighted by Crippen LogP contribution is 2.26. The van der Waals surface area contributed by atoms with Gasteiger partial charge in [-0.1, -0.05) is 53.5 Å². The largest absolute Gasteiger partial charge is 0.354 e. The third-order valence-electron chi connectivity index (χ3n) is 5.09. The SMILES string of the molecule is Cc1ccccc1CSCCCNC(=O)CN(c1cccc(Cl)c1)S(=O)(=O)c1ccc(Cl)cc1. The molecule has 0 aliphatic carbocycles. The molecule has 0 aromatic heterocycles. The van der Waals surface area contributed by atoms with Gasteiger partial charge in [0.1, 0.15) is 6.54 Å². The first kappa shape index (κ1) is 26.4. The van der Waals surface area contributed by atoms with Crippen molar-refractivity contribution in [3.63, 3.8) is 0 Å². The van der Waals surface area contributed by atoms with Gasteiger partial charge in [-0.2, -0.15) is 11.8 Å². The first-order valence-electron chi connectivity index (χ1n) is 10.7. The lowest BCUT2D eigenvalue weighted by atomic mass is 10.1. The Morgan fingerprint density at radius 3 is 2.41 bits per heavy atom. The summed E-state index contributed by atoms with van der Waals surface area (Å²) in [4.78, 5) is 12.7. The van der Waals surface area contributed by atoms with Gasteiger partial charge in [0.15, 0.2) is 0 Å². The fourth-order valence-electron chi connectivity index (χ4n) is 3.22. The van der Waals surface area contributed by atoms with Gasteiger partial charge in [0.2, 0.25) is 5.91 Å². The van der Waals surface area contributed by atoms with Gasteiger partial charge in [0.25, 0.3) is 10.0 Å². The average molecular weight is 538 g/mol. The summed E-state index contributed by atoms with van der Waals surface area (Å²) in [5, 5.41) is 3.63. The van der Waals surface area contributed by atoms with E-state index in [-0.39, 0.29) is 17.3 Å². The van der Waals surface area contributed by atoms with Crippen molar-refractivity contribution in [2.75, 3.05) is 23.1 Å². The fraction of sp³-hybridized carbons (Fsp3) is 0.240. The lowest BCUT2D eigenvalue weighted by molar-refractivity contribution is -0.119. The number of hydrogen-bond acceptors (Lipinski definition) is 4. The molecule has 0 aliphatic rings. The standard InChI is InChI=1S/C25H26Cl2N2O3S2/c1-19-6-2-3-7-20(19)18-33-15-5-14-28-25(30)17-29(23-9-4-8-22(27)16-23)34(31,32)24-12-10-21(26)11-13-24/h2-4,6-13,16H,5,14-15,17-18H2,1H3,(H,28,30). The van der Waals surface area contributed by atoms with Crippen LogP contribution in [0.5, 0.6) is 0 Å². The van der Waals surface area contributed by atoms with E-state index in [1.165, 1.54) is 41.5 Å². The molecule has 5 nitrogen and oxygen atoms in total. The molecule has 0 spiro atoms. The summed E-state index contributed by atoms with van der Waals surface area (Å²) in [6, 6.07) is 20.5. The molecule has 0 saturated carbocycles. The van der Waals surface area contributed by atoms with Crippen molar-refractivity contribution in [3.8, 4) is 0 Å². The van der Waals surface area contributed by atoms with E-state index in [1.807, 2.05) is 12.1 Å². The number of rotatable bonds is 11. The monoisotopic (exact) mass is 536 g/mol. The van der Waals surface area contributed by atoms with Gasteiger partial charge >= 0.3 is 0 Å². The molecule has 0 aliphatic heterocycles. The van der Waals surface area contributed by atoms with E-state index in [2.05, 4.69) is 24.4 Å². The van der Waals surface area contributed by atoms with Crippen molar-refractivity contribution in [2.24, 2.45) is 0 Å². The third-order valence-corrected chi connectivity index (χ3v) is 8.46. The minimum atomic E-state index is -4.01. The van der Waals surface area contributed by atoms with E-state index in [9.17, 15) is 13.2 Å². The number of nitrogens with one attached hydrogen (secondary N) is 1. The second-order valence-corrected chi connectivity index (χ2v) is 11.5. The number of hydrogen-bond donors (Lipinski definition) is 1. The Balaban J connectivity index is 1.59. The molecule has 0 heterocycles. The Labute approximate surface area is 215 Å². The third kappa shape index (κ3) is 7.40. The van der Waals surface area contributed by atoms with Crippen LogP contribution in [0.4, 0.5) is 5.69 Å². The molecule has 0 bridgehead atoms. The fourth-order valence-corrected chi connectivity index (χ4v) is 5.98. The van der Waals surface area contributed by atoms with Crippen LogP contribution in [0.1, 0.15) is 17.5 Å². The number of carbonyl (C=O) groups excluding carboxylic acids is 1. The highest BCUT2D eigenvalue weighted by molar-refractivity contribution is 7.98. The summed E-state index contributed by atoms with van der Waals surface area (Å²) >= 11 is 13.8. The quantitative estimate of drug-likeness (QED) is 0.308. The number of halogens is 2. The van der Waals surface area contributed by atoms with Gasteiger partial charge in [-0.3, -0.25) is 9.10 Å². The number of thioether (sulfide) groups is 1. The molecule has 1 amide bonds. The normalized spacial score (nSPS) is 11.3. The molecule has 3 rings (SSSR count). The van der Waals surface area contributed by atoms with Gasteiger partial charge in [0, 0.05) is 22.3 Å². The lowest BCUT2D eigenvalue weighted by Gasteiger charge is -2.24. The number of anilines is 1. The van der Waals surface area contributed by atoms with Gasteiger partial charge in [-0.25, -0.2) is 8.42 Å². The number of sulfonamides is 1. The molecule has 0 atom stereocenters. The minimum absolute atomic E-state index is 0.0391. The molecule has 0 unspecified atom stereocenters. The van der Waals surface area contributed by atoms with Crippen LogP contribution < -0.4 is 9.62 Å². The zero-order valence-electron chi connectivity index (χ0n) is 18.7. The van der Waals surface area contributed by atoms with Crippen LogP contribution in [0, 0.1) is 6.92 Å². The second kappa shape index (κ2) is 12.5. The molecular weight excluding hydrogens is 511 g/mol. The molecule has 0 radical (unpaired) electrons. The van der Waals surface area contributed by atoms with E-state index in [4.69, 9.17) is 23.2 Å². The molecule has 180 valence electrons. The molecule has 9 heteroatoms. The predicted molar refractivity (Wildman–Crippen MR) is 142 cm³/mol. The summed E-state index contributed by atoms with van der Waals surface area (Å²) in [6.07, 6.45) is 0.781. The number of amides is 1. The zero-order chi connectivity index (χ0) is 24.6. The van der Waals surface area contributed by atoms with Gasteiger partial charge in [0.05, 0.1) is 10.6 Å². The Hall–Kier alpha value is -2.19. The Morgan fingerprint density at radius 1 is 0.971 bits per heavy atom. The van der Waals surface area contributed by atoms with Crippen LogP contribution in [0.3, 0.4) is 0 Å². The van der Waals surface area contributed by atoms with Crippen LogP contribution in [0.15, 0.2) is 77.7 Å². The van der Waals surface area contributed by atoms with E-state index in [0.717, 1.165) is 22.2 Å². The van der Waals surface area contributed by atoms with E-state index < -0.39 is 10.0 Å². The van der Waals surface area contributed by atoms with E-state index in [1.54, 1.807) is 30.0 Å². The Morgan fingerprint density at radius 2 is 1.71 bits per heavy atom. The van der Waals surface area contributed by atoms with Gasteiger partial charge in [-0.15, -0.1) is 0 Å². The number of carbonyl (C=O) groups is 1. The summed E-state index contributed by atoms with van der Waals surface area (Å²) in [5.74, 6) is 1.42. The summed E-state index contributed by atoms with van der Waals surface area (Å²) in [6.45, 7) is 2.20. The average Bonchev–Trinajstić information content (AvgIpc) is 2.81. The molecule has 0 fully saturated rings. The van der Waals surface area contributed by atoms with Gasteiger partial charge < -0.3 is 5.32 Å². The first-order valence-corrected chi connectivity index (χ1v) is 14.1. The molecule has 3 aromatic rings. The van der Waals surface area contributed by atoms with Crippen LogP contribution in [0.2, 0.25) is 10.0 Å². The van der Waals surface area contributed by atoms with Gasteiger partial charge in [-0.05, 0) is 72.7 Å². The first-order chi connectivity index (χ1) is 16.3. The maximum absolute atomic E-state index is 13.3. The maximum atomic E-state index is 13.3. The lowest BCUT2D eigenvalue weighted by Crippen LogP contribution is -2.41. The smallest absolute Gasteiger partial charge is 0.264 e. The maximum Gasteiger partial charge on any atom is 0.264 e. The summed E-state index contributed by atoms with van der Waals surface area (Å²) < 4.78 is 27.7. The van der Waals surface area contributed by atoms with Crippen LogP contribution >= 0.6 is 35.0 Å². The second-order valence-electron chi connectivity index (χ2n) is 7.63. The molecule has 1 N–H and O–H groups in total.